The van der Waals surface area contributed by atoms with Crippen LogP contribution in [0.1, 0.15) is 18.5 Å². The van der Waals surface area contributed by atoms with Crippen LogP contribution < -0.4 is 10.6 Å². The Kier molecular flexibility index (Phi) is 4.34. The molecule has 1 saturated heterocycles. The average molecular weight is 235 g/mol. The van der Waals surface area contributed by atoms with E-state index in [4.69, 9.17) is 10.5 Å². The van der Waals surface area contributed by atoms with Crippen molar-refractivity contribution in [2.45, 2.75) is 19.4 Å². The van der Waals surface area contributed by atoms with Gasteiger partial charge in [-0.1, -0.05) is 0 Å². The van der Waals surface area contributed by atoms with Gasteiger partial charge in [0.25, 0.3) is 0 Å². The summed E-state index contributed by atoms with van der Waals surface area (Å²) in [6.45, 7) is 3.54. The third-order valence-corrected chi connectivity index (χ3v) is 3.42. The van der Waals surface area contributed by atoms with Gasteiger partial charge in [-0.15, -0.1) is 0 Å². The van der Waals surface area contributed by atoms with Crippen LogP contribution in [0.3, 0.4) is 0 Å². The molecule has 4 nitrogen and oxygen atoms in total. The minimum Gasteiger partial charge on any atom is -0.384 e. The maximum absolute atomic E-state index is 5.72. The molecular weight excluding hydrogens is 214 g/mol. The van der Waals surface area contributed by atoms with E-state index in [1.165, 1.54) is 18.5 Å². The van der Waals surface area contributed by atoms with Gasteiger partial charge in [0.15, 0.2) is 0 Å². The van der Waals surface area contributed by atoms with Gasteiger partial charge in [0, 0.05) is 39.5 Å². The van der Waals surface area contributed by atoms with E-state index in [1.807, 2.05) is 12.3 Å². The molecule has 17 heavy (non-hydrogen) atoms. The highest BCUT2D eigenvalue weighted by Crippen LogP contribution is 2.25. The zero-order valence-corrected chi connectivity index (χ0v) is 10.4. The third-order valence-electron chi connectivity index (χ3n) is 3.42. The molecule has 0 bridgehead atoms. The predicted molar refractivity (Wildman–Crippen MR) is 68.9 cm³/mol. The summed E-state index contributed by atoms with van der Waals surface area (Å²) >= 11 is 0. The molecule has 0 unspecified atom stereocenters. The molecular formula is C13H21N3O. The van der Waals surface area contributed by atoms with Gasteiger partial charge < -0.3 is 15.4 Å². The fraction of sp³-hybridized carbons (Fsp3) is 0.615. The van der Waals surface area contributed by atoms with Gasteiger partial charge in [-0.3, -0.25) is 4.98 Å². The molecule has 0 amide bonds. The lowest BCUT2D eigenvalue weighted by Crippen LogP contribution is -2.35. The monoisotopic (exact) mass is 235 g/mol. The molecule has 1 aliphatic heterocycles. The lowest BCUT2D eigenvalue weighted by molar-refractivity contribution is 0.139. The first kappa shape index (κ1) is 12.3. The molecule has 0 radical (unpaired) electrons. The van der Waals surface area contributed by atoms with E-state index in [0.717, 1.165) is 25.4 Å². The Hall–Kier alpha value is -1.13. The molecule has 1 aliphatic rings. The van der Waals surface area contributed by atoms with E-state index < -0.39 is 0 Å². The Labute approximate surface area is 103 Å². The molecule has 1 aromatic rings. The number of piperidine rings is 1. The van der Waals surface area contributed by atoms with Crippen molar-refractivity contribution < 1.29 is 4.74 Å². The van der Waals surface area contributed by atoms with Crippen molar-refractivity contribution in [2.24, 2.45) is 11.7 Å². The first-order valence-corrected chi connectivity index (χ1v) is 6.23. The normalized spacial score (nSPS) is 17.4. The van der Waals surface area contributed by atoms with Crippen LogP contribution in [0.2, 0.25) is 0 Å². The summed E-state index contributed by atoms with van der Waals surface area (Å²) < 4.78 is 5.22. The minimum atomic E-state index is 0.508. The second kappa shape index (κ2) is 5.98. The van der Waals surface area contributed by atoms with E-state index in [9.17, 15) is 0 Å². The van der Waals surface area contributed by atoms with Crippen molar-refractivity contribution >= 4 is 5.69 Å². The summed E-state index contributed by atoms with van der Waals surface area (Å²) in [5.41, 5.74) is 7.92. The maximum Gasteiger partial charge on any atom is 0.0772 e. The lowest BCUT2D eigenvalue weighted by Gasteiger charge is -2.34. The number of methoxy groups -OCH3 is 1. The summed E-state index contributed by atoms with van der Waals surface area (Å²) in [4.78, 5) is 6.73. The van der Waals surface area contributed by atoms with E-state index in [1.54, 1.807) is 7.11 Å². The zero-order chi connectivity index (χ0) is 12.1. The molecule has 2 N–H and O–H groups in total. The van der Waals surface area contributed by atoms with Gasteiger partial charge in [-0.05, 0) is 30.9 Å². The van der Waals surface area contributed by atoms with Gasteiger partial charge in [0.2, 0.25) is 0 Å². The minimum absolute atomic E-state index is 0.508. The molecule has 4 heteroatoms. The van der Waals surface area contributed by atoms with Crippen molar-refractivity contribution in [3.05, 3.63) is 24.0 Å². The predicted octanol–water partition coefficient (Wildman–Crippen LogP) is 1.40. The first-order valence-electron chi connectivity index (χ1n) is 6.23. The van der Waals surface area contributed by atoms with Crippen LogP contribution in [0.15, 0.2) is 18.3 Å². The topological polar surface area (TPSA) is 51.4 Å². The summed E-state index contributed by atoms with van der Waals surface area (Å²) in [5, 5.41) is 0. The van der Waals surface area contributed by atoms with Crippen LogP contribution in [-0.4, -0.2) is 31.8 Å². The number of hydrogen-bond donors (Lipinski definition) is 1. The highest BCUT2D eigenvalue weighted by molar-refractivity contribution is 5.50. The number of anilines is 1. The van der Waals surface area contributed by atoms with Crippen LogP contribution in [0.25, 0.3) is 0 Å². The lowest BCUT2D eigenvalue weighted by atomic mass is 9.97. The Bertz CT molecular complexity index is 348. The molecule has 1 aromatic heterocycles. The second-order valence-corrected chi connectivity index (χ2v) is 4.56. The molecule has 2 rings (SSSR count). The number of hydrogen-bond acceptors (Lipinski definition) is 4. The highest BCUT2D eigenvalue weighted by atomic mass is 16.5. The Morgan fingerprint density at radius 1 is 1.47 bits per heavy atom. The maximum atomic E-state index is 5.72. The molecule has 0 aliphatic carbocycles. The number of nitrogens with two attached hydrogens (primary N) is 1. The van der Waals surface area contributed by atoms with Crippen molar-refractivity contribution in [1.82, 2.24) is 4.98 Å². The number of pyridine rings is 1. The number of nitrogens with zero attached hydrogens (tertiary/aromatic N) is 2. The van der Waals surface area contributed by atoms with Gasteiger partial charge >= 0.3 is 0 Å². The van der Waals surface area contributed by atoms with Crippen LogP contribution >= 0.6 is 0 Å². The summed E-state index contributed by atoms with van der Waals surface area (Å²) in [6, 6.07) is 4.10. The SMILES string of the molecule is COCC1CCN(c2cccnc2CN)CC1. The number of ether oxygens (including phenoxy) is 1. The summed E-state index contributed by atoms with van der Waals surface area (Å²) in [5.74, 6) is 0.703. The van der Waals surface area contributed by atoms with Crippen molar-refractivity contribution in [1.29, 1.82) is 0 Å². The fourth-order valence-corrected chi connectivity index (χ4v) is 2.45. The highest BCUT2D eigenvalue weighted by Gasteiger charge is 2.20. The van der Waals surface area contributed by atoms with Crippen molar-refractivity contribution in [3.63, 3.8) is 0 Å². The van der Waals surface area contributed by atoms with Gasteiger partial charge in [-0.2, -0.15) is 0 Å². The number of aromatic nitrogens is 1. The first-order chi connectivity index (χ1) is 8.35. The van der Waals surface area contributed by atoms with Crippen LogP contribution in [0, 0.1) is 5.92 Å². The van der Waals surface area contributed by atoms with E-state index >= 15 is 0 Å². The summed E-state index contributed by atoms with van der Waals surface area (Å²) in [7, 11) is 1.78. The Balaban J connectivity index is 2.00. The van der Waals surface area contributed by atoms with Crippen LogP contribution in [-0.2, 0) is 11.3 Å². The molecule has 1 fully saturated rings. The van der Waals surface area contributed by atoms with Crippen LogP contribution in [0.4, 0.5) is 5.69 Å². The standard InChI is InChI=1S/C13H21N3O/c1-17-10-11-4-7-16(8-5-11)13-3-2-6-15-12(13)9-14/h2-3,6,11H,4-5,7-10,14H2,1H3. The van der Waals surface area contributed by atoms with Gasteiger partial charge in [0.1, 0.15) is 0 Å². The molecule has 94 valence electrons. The average Bonchev–Trinajstić information content (AvgIpc) is 2.40. The fourth-order valence-electron chi connectivity index (χ4n) is 2.45. The molecule has 0 saturated carbocycles. The van der Waals surface area contributed by atoms with Crippen LogP contribution in [0.5, 0.6) is 0 Å². The van der Waals surface area contributed by atoms with Crippen molar-refractivity contribution in [3.8, 4) is 0 Å². The second-order valence-electron chi connectivity index (χ2n) is 4.56. The summed E-state index contributed by atoms with van der Waals surface area (Å²) in [6.07, 6.45) is 4.18. The van der Waals surface area contributed by atoms with E-state index in [-0.39, 0.29) is 0 Å². The molecule has 2 heterocycles. The van der Waals surface area contributed by atoms with Gasteiger partial charge in [-0.25, -0.2) is 0 Å². The molecule has 0 aromatic carbocycles. The number of rotatable bonds is 4. The van der Waals surface area contributed by atoms with E-state index in [2.05, 4.69) is 16.0 Å². The Morgan fingerprint density at radius 2 is 2.24 bits per heavy atom. The van der Waals surface area contributed by atoms with Gasteiger partial charge in [0.05, 0.1) is 11.4 Å². The Morgan fingerprint density at radius 3 is 2.88 bits per heavy atom. The van der Waals surface area contributed by atoms with Crippen molar-refractivity contribution in [2.75, 3.05) is 31.7 Å². The quantitative estimate of drug-likeness (QED) is 0.857. The molecule has 0 atom stereocenters. The third kappa shape index (κ3) is 2.96. The largest absolute Gasteiger partial charge is 0.384 e. The molecule has 0 spiro atoms. The smallest absolute Gasteiger partial charge is 0.0772 e. The van der Waals surface area contributed by atoms with E-state index in [0.29, 0.717) is 12.5 Å². The zero-order valence-electron chi connectivity index (χ0n) is 10.4.